The lowest BCUT2D eigenvalue weighted by atomic mass is 9.88. The van der Waals surface area contributed by atoms with Crippen LogP contribution in [0, 0.1) is 10.1 Å². The molecule has 0 spiro atoms. The van der Waals surface area contributed by atoms with Gasteiger partial charge in [0, 0.05) is 21.7 Å². The molecule has 1 unspecified atom stereocenters. The van der Waals surface area contributed by atoms with Crippen molar-refractivity contribution >= 4 is 39.0 Å². The van der Waals surface area contributed by atoms with Crippen molar-refractivity contribution in [2.75, 3.05) is 26.2 Å². The third-order valence-electron chi connectivity index (χ3n) is 6.20. The number of nitrogens with zero attached hydrogens (tertiary/aromatic N) is 2. The lowest BCUT2D eigenvalue weighted by molar-refractivity contribution is -0.385. The van der Waals surface area contributed by atoms with E-state index < -0.39 is 34.3 Å². The van der Waals surface area contributed by atoms with Crippen molar-refractivity contribution in [3.63, 3.8) is 0 Å². The van der Waals surface area contributed by atoms with E-state index in [1.54, 1.807) is 36.4 Å². The number of halogens is 1. The van der Waals surface area contributed by atoms with Crippen LogP contribution in [0.2, 0.25) is 0 Å². The summed E-state index contributed by atoms with van der Waals surface area (Å²) in [5, 5.41) is 23.0. The number of hydrogen-bond acceptors (Lipinski definition) is 8. The highest BCUT2D eigenvalue weighted by Gasteiger charge is 2.51. The molecule has 0 aromatic heterocycles. The van der Waals surface area contributed by atoms with Crippen molar-refractivity contribution in [3.05, 3.63) is 85.9 Å². The maximum Gasteiger partial charge on any atom is 0.311 e. The Morgan fingerprint density at radius 2 is 1.68 bits per heavy atom. The molecule has 0 radical (unpaired) electrons. The van der Waals surface area contributed by atoms with Gasteiger partial charge in [0.1, 0.15) is 0 Å². The predicted molar refractivity (Wildman–Crippen MR) is 137 cm³/mol. The van der Waals surface area contributed by atoms with Gasteiger partial charge in [-0.05, 0) is 48.0 Å². The van der Waals surface area contributed by atoms with Gasteiger partial charge in [0.25, 0.3) is 5.91 Å². The largest absolute Gasteiger partial charge is 0.493 e. The highest BCUT2D eigenvalue weighted by atomic mass is 79.9. The van der Waals surface area contributed by atoms with Crippen molar-refractivity contribution in [1.29, 1.82) is 0 Å². The van der Waals surface area contributed by atoms with Gasteiger partial charge in [-0.2, -0.15) is 0 Å². The topological polar surface area (TPSA) is 128 Å². The molecule has 37 heavy (non-hydrogen) atoms. The maximum absolute atomic E-state index is 13.6. The van der Waals surface area contributed by atoms with Gasteiger partial charge < -0.3 is 24.2 Å². The van der Waals surface area contributed by atoms with Gasteiger partial charge in [0.2, 0.25) is 0 Å². The van der Waals surface area contributed by atoms with E-state index >= 15 is 0 Å². The molecule has 0 saturated carbocycles. The van der Waals surface area contributed by atoms with Crippen molar-refractivity contribution in [1.82, 2.24) is 0 Å². The number of ether oxygens (including phenoxy) is 3. The molecular weight excluding hydrogens is 548 g/mol. The van der Waals surface area contributed by atoms with E-state index in [1.165, 1.54) is 38.4 Å². The molecule has 0 bridgehead atoms. The third kappa shape index (κ3) is 4.75. The lowest BCUT2D eigenvalue weighted by Gasteiger charge is -2.23. The molecule has 3 aromatic rings. The Hall–Kier alpha value is -3.96. The van der Waals surface area contributed by atoms with E-state index in [0.29, 0.717) is 27.2 Å². The second-order valence-corrected chi connectivity index (χ2v) is 9.26. The smallest absolute Gasteiger partial charge is 0.311 e. The van der Waals surface area contributed by atoms with Crippen molar-refractivity contribution in [2.24, 2.45) is 0 Å². The first-order valence-corrected chi connectivity index (χ1v) is 11.8. The first-order chi connectivity index (χ1) is 17.6. The number of amides is 1. The Morgan fingerprint density at radius 3 is 2.32 bits per heavy atom. The van der Waals surface area contributed by atoms with Crippen LogP contribution in [-0.2, 0) is 16.9 Å². The van der Waals surface area contributed by atoms with E-state index in [2.05, 4.69) is 15.9 Å². The van der Waals surface area contributed by atoms with Crippen molar-refractivity contribution in [3.8, 4) is 17.2 Å². The number of Topliss-reactive ketones (excluding diaryl/α,β-unsaturated/α-hetero) is 1. The molecule has 1 N–H and O–H groups in total. The number of aliphatic hydroxyl groups is 1. The molecule has 1 amide bonds. The number of carbonyl (C=O) groups is 2. The second-order valence-electron chi connectivity index (χ2n) is 8.35. The molecule has 1 heterocycles. The van der Waals surface area contributed by atoms with Gasteiger partial charge in [-0.1, -0.05) is 22.0 Å². The zero-order valence-electron chi connectivity index (χ0n) is 20.2. The van der Waals surface area contributed by atoms with Gasteiger partial charge in [-0.25, -0.2) is 0 Å². The number of nitro groups is 1. The summed E-state index contributed by atoms with van der Waals surface area (Å²) < 4.78 is 16.2. The van der Waals surface area contributed by atoms with E-state index in [4.69, 9.17) is 14.2 Å². The fourth-order valence-corrected chi connectivity index (χ4v) is 4.71. The minimum Gasteiger partial charge on any atom is -0.493 e. The summed E-state index contributed by atoms with van der Waals surface area (Å²) >= 11 is 3.37. The number of hydrogen-bond donors (Lipinski definition) is 1. The van der Waals surface area contributed by atoms with Crippen LogP contribution in [0.1, 0.15) is 27.9 Å². The molecule has 0 fully saturated rings. The molecule has 4 rings (SSSR count). The summed E-state index contributed by atoms with van der Waals surface area (Å²) in [6.45, 7) is 0.0956. The Balaban J connectivity index is 1.70. The molecule has 0 saturated heterocycles. The number of rotatable bonds is 9. The molecule has 11 heteroatoms. The predicted octanol–water partition coefficient (Wildman–Crippen LogP) is 4.39. The molecular formula is C26H23BrN2O8. The molecule has 1 aliphatic rings. The van der Waals surface area contributed by atoms with E-state index in [1.807, 2.05) is 0 Å². The van der Waals surface area contributed by atoms with Gasteiger partial charge in [-0.3, -0.25) is 19.7 Å². The SMILES string of the molecule is COc1ccc(CN2C(=O)C(O)(CC(=O)c3ccc(OC)c([N+](=O)[O-])c3)c3cc(Br)ccc32)cc1OC. The summed E-state index contributed by atoms with van der Waals surface area (Å²) in [6.07, 6.45) is -0.610. The van der Waals surface area contributed by atoms with Crippen molar-refractivity contribution < 1.29 is 33.8 Å². The number of methoxy groups -OCH3 is 3. The van der Waals surface area contributed by atoms with Crippen LogP contribution in [0.4, 0.5) is 11.4 Å². The quantitative estimate of drug-likeness (QED) is 0.228. The summed E-state index contributed by atoms with van der Waals surface area (Å²) in [5.41, 5.74) is -1.19. The minimum atomic E-state index is -2.18. The standard InChI is InChI=1S/C26H23BrN2O8/c1-35-22-9-5-16(11-20(22)29(33)34)21(30)13-26(32)18-12-17(27)6-7-19(18)28(25(26)31)14-15-4-8-23(36-2)24(10-15)37-3/h4-12,32H,13-14H2,1-3H3. The number of anilines is 1. The van der Waals surface area contributed by atoms with E-state index in [0.717, 1.165) is 6.07 Å². The summed E-state index contributed by atoms with van der Waals surface area (Å²) in [4.78, 5) is 39.0. The number of benzene rings is 3. The Labute approximate surface area is 220 Å². The molecule has 10 nitrogen and oxygen atoms in total. The number of ketones is 1. The summed E-state index contributed by atoms with van der Waals surface area (Å²) in [6, 6.07) is 13.9. The highest BCUT2D eigenvalue weighted by Crippen LogP contribution is 2.45. The molecule has 0 aliphatic carbocycles. The zero-order valence-corrected chi connectivity index (χ0v) is 21.8. The average molecular weight is 571 g/mol. The first-order valence-electron chi connectivity index (χ1n) is 11.0. The number of fused-ring (bicyclic) bond motifs is 1. The van der Waals surface area contributed by atoms with Crippen LogP contribution < -0.4 is 19.1 Å². The maximum atomic E-state index is 13.6. The van der Waals surface area contributed by atoms with Crippen LogP contribution in [0.25, 0.3) is 0 Å². The molecule has 3 aromatic carbocycles. The minimum absolute atomic E-state index is 0.00687. The van der Waals surface area contributed by atoms with Gasteiger partial charge in [0.05, 0.1) is 44.9 Å². The van der Waals surface area contributed by atoms with Crippen LogP contribution in [-0.4, -0.2) is 43.0 Å². The van der Waals surface area contributed by atoms with Crippen LogP contribution >= 0.6 is 15.9 Å². The van der Waals surface area contributed by atoms with Gasteiger partial charge in [-0.15, -0.1) is 0 Å². The third-order valence-corrected chi connectivity index (χ3v) is 6.69. The Bertz CT molecular complexity index is 1410. The van der Waals surface area contributed by atoms with E-state index in [-0.39, 0.29) is 23.4 Å². The fourth-order valence-electron chi connectivity index (χ4n) is 4.35. The molecule has 1 aliphatic heterocycles. The lowest BCUT2D eigenvalue weighted by Crippen LogP contribution is -2.41. The number of nitro benzene ring substituents is 1. The normalized spacial score (nSPS) is 16.4. The zero-order chi connectivity index (χ0) is 26.9. The Morgan fingerprint density at radius 1 is 1.00 bits per heavy atom. The van der Waals surface area contributed by atoms with Gasteiger partial charge in [0.15, 0.2) is 28.6 Å². The van der Waals surface area contributed by atoms with Crippen LogP contribution in [0.15, 0.2) is 59.1 Å². The van der Waals surface area contributed by atoms with E-state index in [9.17, 15) is 24.8 Å². The summed E-state index contributed by atoms with van der Waals surface area (Å²) in [7, 11) is 4.30. The monoisotopic (exact) mass is 570 g/mol. The second kappa shape index (κ2) is 10.2. The first kappa shape index (κ1) is 26.1. The summed E-state index contributed by atoms with van der Waals surface area (Å²) in [5.74, 6) is -0.326. The Kier molecular flexibility index (Phi) is 7.19. The molecule has 1 atom stereocenters. The molecule has 192 valence electrons. The van der Waals surface area contributed by atoms with Gasteiger partial charge >= 0.3 is 5.69 Å². The van der Waals surface area contributed by atoms with Crippen molar-refractivity contribution in [2.45, 2.75) is 18.6 Å². The number of carbonyl (C=O) groups excluding carboxylic acids is 2. The van der Waals surface area contributed by atoms with Crippen LogP contribution in [0.5, 0.6) is 17.2 Å². The highest BCUT2D eigenvalue weighted by molar-refractivity contribution is 9.10. The fraction of sp³-hybridized carbons (Fsp3) is 0.231. The van der Waals surface area contributed by atoms with Crippen LogP contribution in [0.3, 0.4) is 0 Å². The average Bonchev–Trinajstić information content (AvgIpc) is 3.09.